The molecule has 0 bridgehead atoms. The third-order valence-electron chi connectivity index (χ3n) is 2.64. The molecule has 0 saturated carbocycles. The van der Waals surface area contributed by atoms with E-state index in [1.165, 1.54) is 0 Å². The summed E-state index contributed by atoms with van der Waals surface area (Å²) in [6.07, 6.45) is 1.62. The molecule has 1 aromatic heterocycles. The second kappa shape index (κ2) is 5.31. The zero-order chi connectivity index (χ0) is 13.1. The first-order valence-corrected chi connectivity index (χ1v) is 6.33. The quantitative estimate of drug-likeness (QED) is 0.851. The molecule has 0 spiro atoms. The number of aromatic nitrogens is 1. The Morgan fingerprint density at radius 2 is 2.06 bits per heavy atom. The molecule has 0 saturated heterocycles. The second-order valence-electron chi connectivity index (χ2n) is 4.06. The van der Waals surface area contributed by atoms with Crippen molar-refractivity contribution in [3.8, 4) is 0 Å². The molecule has 92 valence electrons. The van der Waals surface area contributed by atoms with Crippen molar-refractivity contribution in [2.24, 2.45) is 0 Å². The summed E-state index contributed by atoms with van der Waals surface area (Å²) in [4.78, 5) is 17.9. The van der Waals surface area contributed by atoms with E-state index in [1.54, 1.807) is 24.2 Å². The smallest absolute Gasteiger partial charge is 0.276 e. The molecule has 2 aromatic rings. The van der Waals surface area contributed by atoms with Crippen LogP contribution in [0.3, 0.4) is 0 Å². The Hall–Kier alpha value is -1.68. The first kappa shape index (κ1) is 12.8. The molecule has 0 unspecified atom stereocenters. The molecule has 3 nitrogen and oxygen atoms in total. The summed E-state index contributed by atoms with van der Waals surface area (Å²) in [5, 5.41) is 0. The van der Waals surface area contributed by atoms with Gasteiger partial charge in [-0.1, -0.05) is 12.1 Å². The topological polar surface area (TPSA) is 33.2 Å². The Morgan fingerprint density at radius 1 is 1.28 bits per heavy atom. The molecule has 18 heavy (non-hydrogen) atoms. The van der Waals surface area contributed by atoms with Gasteiger partial charge >= 0.3 is 0 Å². The molecular formula is C14H13BrN2O. The van der Waals surface area contributed by atoms with Crippen LogP contribution in [0.2, 0.25) is 0 Å². The average molecular weight is 305 g/mol. The molecule has 1 amide bonds. The Kier molecular flexibility index (Phi) is 3.77. The maximum Gasteiger partial charge on any atom is 0.276 e. The summed E-state index contributed by atoms with van der Waals surface area (Å²) >= 11 is 3.30. The van der Waals surface area contributed by atoms with Gasteiger partial charge < -0.3 is 4.90 Å². The van der Waals surface area contributed by atoms with Crippen LogP contribution in [0.5, 0.6) is 0 Å². The molecule has 1 aromatic carbocycles. The van der Waals surface area contributed by atoms with Gasteiger partial charge in [0, 0.05) is 23.4 Å². The summed E-state index contributed by atoms with van der Waals surface area (Å²) in [6, 6.07) is 11.3. The van der Waals surface area contributed by atoms with Crippen LogP contribution in [0.4, 0.5) is 5.69 Å². The Morgan fingerprint density at radius 3 is 2.67 bits per heavy atom. The minimum atomic E-state index is -0.117. The van der Waals surface area contributed by atoms with Gasteiger partial charge in [-0.25, -0.2) is 4.98 Å². The largest absolute Gasteiger partial charge is 0.310 e. The van der Waals surface area contributed by atoms with Gasteiger partial charge in [0.15, 0.2) is 0 Å². The fraction of sp³-hybridized carbons (Fsp3) is 0.143. The zero-order valence-corrected chi connectivity index (χ0v) is 11.8. The minimum absolute atomic E-state index is 0.117. The van der Waals surface area contributed by atoms with E-state index in [0.717, 1.165) is 15.7 Å². The number of rotatable bonds is 2. The van der Waals surface area contributed by atoms with Crippen LogP contribution >= 0.6 is 15.9 Å². The van der Waals surface area contributed by atoms with Crippen molar-refractivity contribution in [2.75, 3.05) is 11.9 Å². The second-order valence-corrected chi connectivity index (χ2v) is 4.98. The van der Waals surface area contributed by atoms with Crippen LogP contribution in [-0.4, -0.2) is 17.9 Å². The third kappa shape index (κ3) is 2.76. The lowest BCUT2D eigenvalue weighted by molar-refractivity contribution is 0.0988. The maximum atomic E-state index is 12.2. The lowest BCUT2D eigenvalue weighted by atomic mass is 10.2. The monoisotopic (exact) mass is 304 g/mol. The van der Waals surface area contributed by atoms with Gasteiger partial charge in [-0.3, -0.25) is 4.79 Å². The van der Waals surface area contributed by atoms with Crippen molar-refractivity contribution in [2.45, 2.75) is 6.92 Å². The predicted octanol–water partition coefficient (Wildman–Crippen LogP) is 3.43. The van der Waals surface area contributed by atoms with E-state index in [-0.39, 0.29) is 5.91 Å². The standard InChI is InChI=1S/C14H13BrN2O/c1-10-4-3-5-12(8-10)17(2)14(18)13-7-6-11(15)9-16-13/h3-9H,1-2H3. The minimum Gasteiger partial charge on any atom is -0.310 e. The van der Waals surface area contributed by atoms with Gasteiger partial charge in [-0.15, -0.1) is 0 Å². The number of carbonyl (C=O) groups excluding carboxylic acids is 1. The number of amides is 1. The third-order valence-corrected chi connectivity index (χ3v) is 3.11. The van der Waals surface area contributed by atoms with Crippen molar-refractivity contribution in [1.29, 1.82) is 0 Å². The van der Waals surface area contributed by atoms with Crippen molar-refractivity contribution in [1.82, 2.24) is 4.98 Å². The highest BCUT2D eigenvalue weighted by molar-refractivity contribution is 9.10. The molecule has 2 rings (SSSR count). The summed E-state index contributed by atoms with van der Waals surface area (Å²) < 4.78 is 0.859. The van der Waals surface area contributed by atoms with E-state index in [0.29, 0.717) is 5.69 Å². The highest BCUT2D eigenvalue weighted by Gasteiger charge is 2.14. The summed E-state index contributed by atoms with van der Waals surface area (Å²) in [6.45, 7) is 2.00. The van der Waals surface area contributed by atoms with Crippen LogP contribution in [0.1, 0.15) is 16.1 Å². The van der Waals surface area contributed by atoms with E-state index in [4.69, 9.17) is 0 Å². The average Bonchev–Trinajstić information content (AvgIpc) is 2.38. The maximum absolute atomic E-state index is 12.2. The van der Waals surface area contributed by atoms with Crippen LogP contribution < -0.4 is 4.90 Å². The van der Waals surface area contributed by atoms with Crippen molar-refractivity contribution in [3.05, 3.63) is 58.3 Å². The number of anilines is 1. The number of aryl methyl sites for hydroxylation is 1. The predicted molar refractivity (Wildman–Crippen MR) is 75.8 cm³/mol. The van der Waals surface area contributed by atoms with Crippen molar-refractivity contribution >= 4 is 27.5 Å². The highest BCUT2D eigenvalue weighted by Crippen LogP contribution is 2.17. The number of pyridine rings is 1. The Bertz CT molecular complexity index is 566. The number of hydrogen-bond donors (Lipinski definition) is 0. The zero-order valence-electron chi connectivity index (χ0n) is 10.2. The van der Waals surface area contributed by atoms with Crippen LogP contribution in [0.25, 0.3) is 0 Å². The molecule has 4 heteroatoms. The first-order chi connectivity index (χ1) is 8.58. The lowest BCUT2D eigenvalue weighted by Crippen LogP contribution is -2.27. The van der Waals surface area contributed by atoms with Gasteiger partial charge in [-0.2, -0.15) is 0 Å². The summed E-state index contributed by atoms with van der Waals surface area (Å²) in [5.41, 5.74) is 2.42. The number of hydrogen-bond acceptors (Lipinski definition) is 2. The highest BCUT2D eigenvalue weighted by atomic mass is 79.9. The molecule has 0 atom stereocenters. The van der Waals surface area contributed by atoms with Gasteiger partial charge in [0.05, 0.1) is 0 Å². The normalized spacial score (nSPS) is 10.2. The van der Waals surface area contributed by atoms with E-state index in [9.17, 15) is 4.79 Å². The molecule has 0 radical (unpaired) electrons. The first-order valence-electron chi connectivity index (χ1n) is 5.54. The molecule has 0 N–H and O–H groups in total. The molecule has 0 aliphatic carbocycles. The fourth-order valence-electron chi connectivity index (χ4n) is 1.63. The molecule has 0 aliphatic heterocycles. The van der Waals surface area contributed by atoms with E-state index in [2.05, 4.69) is 20.9 Å². The van der Waals surface area contributed by atoms with E-state index >= 15 is 0 Å². The van der Waals surface area contributed by atoms with Gasteiger partial charge in [-0.05, 0) is 52.7 Å². The fourth-order valence-corrected chi connectivity index (χ4v) is 1.86. The number of halogens is 1. The van der Waals surface area contributed by atoms with Crippen LogP contribution in [-0.2, 0) is 0 Å². The SMILES string of the molecule is Cc1cccc(N(C)C(=O)c2ccc(Br)cn2)c1. The van der Waals surface area contributed by atoms with Gasteiger partial charge in [0.2, 0.25) is 0 Å². The molecule has 0 aliphatic rings. The van der Waals surface area contributed by atoms with Gasteiger partial charge in [0.1, 0.15) is 5.69 Å². The molecular weight excluding hydrogens is 292 g/mol. The van der Waals surface area contributed by atoms with E-state index in [1.807, 2.05) is 37.3 Å². The number of carbonyl (C=O) groups is 1. The Labute approximate surface area is 115 Å². The van der Waals surface area contributed by atoms with Crippen molar-refractivity contribution in [3.63, 3.8) is 0 Å². The number of nitrogens with zero attached hydrogens (tertiary/aromatic N) is 2. The van der Waals surface area contributed by atoms with Gasteiger partial charge in [0.25, 0.3) is 5.91 Å². The van der Waals surface area contributed by atoms with Crippen molar-refractivity contribution < 1.29 is 4.79 Å². The summed E-state index contributed by atoms with van der Waals surface area (Å²) in [7, 11) is 1.75. The number of benzene rings is 1. The van der Waals surface area contributed by atoms with E-state index < -0.39 is 0 Å². The molecule has 0 fully saturated rings. The summed E-state index contributed by atoms with van der Waals surface area (Å²) in [5.74, 6) is -0.117. The van der Waals surface area contributed by atoms with Crippen LogP contribution in [0, 0.1) is 6.92 Å². The van der Waals surface area contributed by atoms with Crippen LogP contribution in [0.15, 0.2) is 47.1 Å². The lowest BCUT2D eigenvalue weighted by Gasteiger charge is -2.17. The molecule has 1 heterocycles. The Balaban J connectivity index is 2.26.